The van der Waals surface area contributed by atoms with Gasteiger partial charge in [-0.2, -0.15) is 0 Å². The van der Waals surface area contributed by atoms with E-state index in [0.717, 1.165) is 11.8 Å². The third-order valence-electron chi connectivity index (χ3n) is 4.70. The lowest BCUT2D eigenvalue weighted by molar-refractivity contribution is 0.215. The summed E-state index contributed by atoms with van der Waals surface area (Å²) < 4.78 is 0. The SMILES string of the molecule is C1CCC(C2CCCC23CSCN3)C1. The van der Waals surface area contributed by atoms with Gasteiger partial charge in [-0.3, -0.25) is 0 Å². The summed E-state index contributed by atoms with van der Waals surface area (Å²) in [7, 11) is 0. The number of nitrogens with one attached hydrogen (secondary N) is 1. The average molecular weight is 211 g/mol. The molecule has 1 nitrogen and oxygen atoms in total. The van der Waals surface area contributed by atoms with Crippen molar-refractivity contribution in [3.63, 3.8) is 0 Å². The number of rotatable bonds is 1. The van der Waals surface area contributed by atoms with Gasteiger partial charge >= 0.3 is 0 Å². The first-order valence-corrected chi connectivity index (χ1v) is 7.39. The van der Waals surface area contributed by atoms with Crippen LogP contribution in [0.5, 0.6) is 0 Å². The van der Waals surface area contributed by atoms with Crippen LogP contribution in [-0.2, 0) is 0 Å². The van der Waals surface area contributed by atoms with E-state index >= 15 is 0 Å². The first kappa shape index (κ1) is 9.53. The van der Waals surface area contributed by atoms with E-state index in [0.29, 0.717) is 5.54 Å². The molecule has 2 atom stereocenters. The Morgan fingerprint density at radius 3 is 2.64 bits per heavy atom. The number of thioether (sulfide) groups is 1. The van der Waals surface area contributed by atoms with Crippen LogP contribution < -0.4 is 5.32 Å². The summed E-state index contributed by atoms with van der Waals surface area (Å²) in [4.78, 5) is 0. The molecule has 3 rings (SSSR count). The number of hydrogen-bond acceptors (Lipinski definition) is 2. The molecule has 3 fully saturated rings. The quantitative estimate of drug-likeness (QED) is 0.715. The molecule has 1 saturated heterocycles. The molecular formula is C12H21NS. The van der Waals surface area contributed by atoms with Crippen LogP contribution >= 0.6 is 11.8 Å². The zero-order chi connectivity index (χ0) is 9.43. The zero-order valence-corrected chi connectivity index (χ0v) is 9.74. The maximum atomic E-state index is 3.82. The molecule has 1 heterocycles. The van der Waals surface area contributed by atoms with Crippen molar-refractivity contribution in [2.45, 2.75) is 50.5 Å². The van der Waals surface area contributed by atoms with Crippen LogP contribution in [0.15, 0.2) is 0 Å². The van der Waals surface area contributed by atoms with Gasteiger partial charge in [-0.1, -0.05) is 32.1 Å². The fourth-order valence-corrected chi connectivity index (χ4v) is 5.34. The zero-order valence-electron chi connectivity index (χ0n) is 8.93. The lowest BCUT2D eigenvalue weighted by atomic mass is 9.78. The summed E-state index contributed by atoms with van der Waals surface area (Å²) in [6.45, 7) is 0. The summed E-state index contributed by atoms with van der Waals surface area (Å²) in [5.74, 6) is 4.71. The van der Waals surface area contributed by atoms with E-state index in [1.54, 1.807) is 0 Å². The van der Waals surface area contributed by atoms with Crippen LogP contribution in [0.25, 0.3) is 0 Å². The second kappa shape index (κ2) is 3.71. The Balaban J connectivity index is 1.76. The normalized spacial score (nSPS) is 44.1. The lowest BCUT2D eigenvalue weighted by Gasteiger charge is -2.35. The lowest BCUT2D eigenvalue weighted by Crippen LogP contribution is -2.47. The molecule has 80 valence electrons. The van der Waals surface area contributed by atoms with E-state index < -0.39 is 0 Å². The van der Waals surface area contributed by atoms with Crippen LogP contribution in [-0.4, -0.2) is 17.2 Å². The Bertz CT molecular complexity index is 199. The van der Waals surface area contributed by atoms with Gasteiger partial charge in [0, 0.05) is 17.2 Å². The molecule has 1 spiro atoms. The first-order valence-electron chi connectivity index (χ1n) is 6.23. The fraction of sp³-hybridized carbons (Fsp3) is 1.00. The largest absolute Gasteiger partial charge is 0.301 e. The van der Waals surface area contributed by atoms with Gasteiger partial charge in [-0.05, 0) is 24.7 Å². The van der Waals surface area contributed by atoms with Crippen molar-refractivity contribution in [1.29, 1.82) is 0 Å². The second-order valence-corrected chi connectivity index (χ2v) is 6.35. The molecule has 0 aromatic rings. The minimum absolute atomic E-state index is 0.583. The van der Waals surface area contributed by atoms with Gasteiger partial charge in [0.05, 0.1) is 0 Å². The van der Waals surface area contributed by atoms with E-state index in [9.17, 15) is 0 Å². The van der Waals surface area contributed by atoms with Crippen LogP contribution in [0, 0.1) is 11.8 Å². The van der Waals surface area contributed by atoms with Crippen LogP contribution in [0.4, 0.5) is 0 Å². The highest BCUT2D eigenvalue weighted by molar-refractivity contribution is 7.99. The molecule has 2 heteroatoms. The summed E-state index contributed by atoms with van der Waals surface area (Å²) in [5, 5.41) is 3.82. The van der Waals surface area contributed by atoms with Crippen molar-refractivity contribution < 1.29 is 0 Å². The molecular weight excluding hydrogens is 190 g/mol. The monoisotopic (exact) mass is 211 g/mol. The van der Waals surface area contributed by atoms with E-state index in [1.165, 1.54) is 56.6 Å². The van der Waals surface area contributed by atoms with Crippen LogP contribution in [0.1, 0.15) is 44.9 Å². The summed E-state index contributed by atoms with van der Waals surface area (Å²) >= 11 is 2.12. The van der Waals surface area contributed by atoms with E-state index in [-0.39, 0.29) is 0 Å². The standard InChI is InChI=1S/C12H21NS/c1-2-5-10(4-1)11-6-3-7-12(11)8-14-9-13-12/h10-11,13H,1-9H2. The average Bonchev–Trinajstić information content (AvgIpc) is 2.91. The molecule has 0 aromatic heterocycles. The Labute approximate surface area is 91.4 Å². The van der Waals surface area contributed by atoms with Gasteiger partial charge in [-0.15, -0.1) is 11.8 Å². The van der Waals surface area contributed by atoms with Crippen molar-refractivity contribution in [2.75, 3.05) is 11.6 Å². The van der Waals surface area contributed by atoms with Gasteiger partial charge in [0.1, 0.15) is 0 Å². The summed E-state index contributed by atoms with van der Waals surface area (Å²) in [6.07, 6.45) is 10.5. The fourth-order valence-electron chi connectivity index (χ4n) is 4.02. The molecule has 1 N–H and O–H groups in total. The van der Waals surface area contributed by atoms with Gasteiger partial charge in [0.15, 0.2) is 0 Å². The van der Waals surface area contributed by atoms with Crippen molar-refractivity contribution in [1.82, 2.24) is 5.32 Å². The Morgan fingerprint density at radius 2 is 1.93 bits per heavy atom. The molecule has 2 unspecified atom stereocenters. The van der Waals surface area contributed by atoms with Crippen molar-refractivity contribution in [3.8, 4) is 0 Å². The third kappa shape index (κ3) is 1.42. The molecule has 1 aliphatic heterocycles. The van der Waals surface area contributed by atoms with Gasteiger partial charge in [-0.25, -0.2) is 0 Å². The predicted molar refractivity (Wildman–Crippen MR) is 62.5 cm³/mol. The molecule has 0 radical (unpaired) electrons. The van der Waals surface area contributed by atoms with E-state index in [1.807, 2.05) is 0 Å². The molecule has 0 aromatic carbocycles. The molecule has 2 aliphatic carbocycles. The van der Waals surface area contributed by atoms with Gasteiger partial charge in [0.2, 0.25) is 0 Å². The minimum Gasteiger partial charge on any atom is -0.301 e. The molecule has 2 saturated carbocycles. The number of hydrogen-bond donors (Lipinski definition) is 1. The van der Waals surface area contributed by atoms with Crippen LogP contribution in [0.2, 0.25) is 0 Å². The van der Waals surface area contributed by atoms with E-state index in [2.05, 4.69) is 17.1 Å². The van der Waals surface area contributed by atoms with Crippen molar-refractivity contribution >= 4 is 11.8 Å². The maximum Gasteiger partial charge on any atom is 0.0423 e. The molecule has 0 amide bonds. The third-order valence-corrected chi connectivity index (χ3v) is 5.77. The highest BCUT2D eigenvalue weighted by atomic mass is 32.2. The Kier molecular flexibility index (Phi) is 2.53. The molecule has 3 aliphatic rings. The predicted octanol–water partition coefficient (Wildman–Crippen LogP) is 3.01. The molecule has 14 heavy (non-hydrogen) atoms. The first-order chi connectivity index (χ1) is 6.91. The topological polar surface area (TPSA) is 12.0 Å². The molecule has 0 bridgehead atoms. The highest BCUT2D eigenvalue weighted by Gasteiger charge is 2.48. The van der Waals surface area contributed by atoms with Crippen LogP contribution in [0.3, 0.4) is 0 Å². The van der Waals surface area contributed by atoms with Gasteiger partial charge < -0.3 is 5.32 Å². The smallest absolute Gasteiger partial charge is 0.0423 e. The van der Waals surface area contributed by atoms with Crippen molar-refractivity contribution in [2.24, 2.45) is 11.8 Å². The van der Waals surface area contributed by atoms with Crippen molar-refractivity contribution in [3.05, 3.63) is 0 Å². The maximum absolute atomic E-state index is 3.82. The minimum atomic E-state index is 0.583. The van der Waals surface area contributed by atoms with E-state index in [4.69, 9.17) is 0 Å². The Hall–Kier alpha value is 0.310. The Morgan fingerprint density at radius 1 is 1.07 bits per heavy atom. The van der Waals surface area contributed by atoms with Gasteiger partial charge in [0.25, 0.3) is 0 Å². The summed E-state index contributed by atoms with van der Waals surface area (Å²) in [5.41, 5.74) is 0.583. The second-order valence-electron chi connectivity index (χ2n) is 5.37. The summed E-state index contributed by atoms with van der Waals surface area (Å²) in [6, 6.07) is 0. The highest BCUT2D eigenvalue weighted by Crippen LogP contribution is 2.49.